The highest BCUT2D eigenvalue weighted by Crippen LogP contribution is 2.18. The summed E-state index contributed by atoms with van der Waals surface area (Å²) in [5, 5.41) is 2.86. The second-order valence-electron chi connectivity index (χ2n) is 6.57. The van der Waals surface area contributed by atoms with E-state index in [1.165, 1.54) is 6.07 Å². The molecule has 1 heterocycles. The van der Waals surface area contributed by atoms with Crippen molar-refractivity contribution >= 4 is 29.1 Å². The summed E-state index contributed by atoms with van der Waals surface area (Å²) in [6, 6.07) is 9.90. The lowest BCUT2D eigenvalue weighted by molar-refractivity contribution is -0.117. The Morgan fingerprint density at radius 2 is 1.82 bits per heavy atom. The predicted octanol–water partition coefficient (Wildman–Crippen LogP) is 3.40. The molecule has 0 atom stereocenters. The van der Waals surface area contributed by atoms with E-state index in [-0.39, 0.29) is 18.1 Å². The Kier molecular flexibility index (Phi) is 6.59. The number of hydrogen-bond donors (Lipinski definition) is 1. The van der Waals surface area contributed by atoms with Crippen LogP contribution in [0.4, 0.5) is 14.5 Å². The summed E-state index contributed by atoms with van der Waals surface area (Å²) in [4.78, 5) is 28.5. The third-order valence-electron chi connectivity index (χ3n) is 4.55. The van der Waals surface area contributed by atoms with Crippen LogP contribution in [0.25, 0.3) is 0 Å². The van der Waals surface area contributed by atoms with E-state index in [1.54, 1.807) is 29.2 Å². The van der Waals surface area contributed by atoms with Gasteiger partial charge >= 0.3 is 0 Å². The largest absolute Gasteiger partial charge is 0.337 e. The van der Waals surface area contributed by atoms with E-state index < -0.39 is 17.5 Å². The van der Waals surface area contributed by atoms with Crippen LogP contribution in [0.1, 0.15) is 16.8 Å². The fourth-order valence-corrected chi connectivity index (χ4v) is 3.34. The van der Waals surface area contributed by atoms with E-state index in [4.69, 9.17) is 11.6 Å². The van der Waals surface area contributed by atoms with Crippen molar-refractivity contribution < 1.29 is 18.4 Å². The lowest BCUT2D eigenvalue weighted by Gasteiger charge is -2.22. The maximum atomic E-state index is 13.7. The number of amides is 2. The molecular formula is C20H20ClF2N3O2. The van der Waals surface area contributed by atoms with Crippen LogP contribution in [0.15, 0.2) is 42.5 Å². The average molecular weight is 408 g/mol. The number of hydrogen-bond acceptors (Lipinski definition) is 3. The fraction of sp³-hybridized carbons (Fsp3) is 0.300. The van der Waals surface area contributed by atoms with E-state index in [0.29, 0.717) is 43.2 Å². The molecule has 1 N–H and O–H groups in total. The molecule has 2 aromatic carbocycles. The number of nitrogens with one attached hydrogen (secondary N) is 1. The molecular weight excluding hydrogens is 388 g/mol. The summed E-state index contributed by atoms with van der Waals surface area (Å²) in [6.07, 6.45) is 0.703. The van der Waals surface area contributed by atoms with Crippen LogP contribution >= 0.6 is 11.6 Å². The lowest BCUT2D eigenvalue weighted by atomic mass is 10.2. The van der Waals surface area contributed by atoms with Gasteiger partial charge in [-0.25, -0.2) is 8.78 Å². The molecule has 1 saturated heterocycles. The van der Waals surface area contributed by atoms with Crippen molar-refractivity contribution in [3.05, 3.63) is 64.7 Å². The Morgan fingerprint density at radius 1 is 1.04 bits per heavy atom. The molecule has 0 saturated carbocycles. The standard InChI is InChI=1S/C20H20ClF2N3O2/c21-16-5-2-1-4-15(16)20(28)26-9-3-8-25(10-11-26)13-19(27)24-18-7-6-14(22)12-17(18)23/h1-2,4-7,12H,3,8-11,13H2,(H,24,27). The van der Waals surface area contributed by atoms with Gasteiger partial charge in [-0.15, -0.1) is 0 Å². The van der Waals surface area contributed by atoms with Crippen LogP contribution in [0, 0.1) is 11.6 Å². The van der Waals surface area contributed by atoms with E-state index in [9.17, 15) is 18.4 Å². The number of nitrogens with zero attached hydrogens (tertiary/aromatic N) is 2. The van der Waals surface area contributed by atoms with Gasteiger partial charge in [0.15, 0.2) is 0 Å². The van der Waals surface area contributed by atoms with Crippen LogP contribution < -0.4 is 5.32 Å². The third kappa shape index (κ3) is 5.05. The highest BCUT2D eigenvalue weighted by Gasteiger charge is 2.23. The second-order valence-corrected chi connectivity index (χ2v) is 6.98. The number of carbonyl (C=O) groups excluding carboxylic acids is 2. The minimum absolute atomic E-state index is 0.0586. The number of carbonyl (C=O) groups is 2. The maximum Gasteiger partial charge on any atom is 0.255 e. The first-order valence-electron chi connectivity index (χ1n) is 8.95. The molecule has 0 bridgehead atoms. The number of benzene rings is 2. The maximum absolute atomic E-state index is 13.7. The molecule has 1 aliphatic heterocycles. The van der Waals surface area contributed by atoms with Crippen molar-refractivity contribution in [1.82, 2.24) is 9.80 Å². The summed E-state index contributed by atoms with van der Waals surface area (Å²) < 4.78 is 26.6. The van der Waals surface area contributed by atoms with Crippen LogP contribution in [0.2, 0.25) is 5.02 Å². The molecule has 0 spiro atoms. The van der Waals surface area contributed by atoms with Crippen molar-refractivity contribution in [3.63, 3.8) is 0 Å². The van der Waals surface area contributed by atoms with Gasteiger partial charge in [-0.05, 0) is 30.7 Å². The monoisotopic (exact) mass is 407 g/mol. The molecule has 148 valence electrons. The molecule has 0 radical (unpaired) electrons. The highest BCUT2D eigenvalue weighted by atomic mass is 35.5. The third-order valence-corrected chi connectivity index (χ3v) is 4.88. The molecule has 0 aromatic heterocycles. The molecule has 28 heavy (non-hydrogen) atoms. The molecule has 2 aromatic rings. The van der Waals surface area contributed by atoms with Crippen molar-refractivity contribution in [2.45, 2.75) is 6.42 Å². The van der Waals surface area contributed by atoms with Crippen molar-refractivity contribution in [2.75, 3.05) is 38.0 Å². The van der Waals surface area contributed by atoms with Crippen LogP contribution in [0.3, 0.4) is 0 Å². The van der Waals surface area contributed by atoms with Crippen LogP contribution in [0.5, 0.6) is 0 Å². The zero-order chi connectivity index (χ0) is 20.1. The zero-order valence-electron chi connectivity index (χ0n) is 15.1. The average Bonchev–Trinajstić information content (AvgIpc) is 2.89. The topological polar surface area (TPSA) is 52.7 Å². The first kappa shape index (κ1) is 20.2. The van der Waals surface area contributed by atoms with Crippen molar-refractivity contribution in [2.24, 2.45) is 0 Å². The van der Waals surface area contributed by atoms with Gasteiger partial charge in [0.05, 0.1) is 22.8 Å². The molecule has 8 heteroatoms. The smallest absolute Gasteiger partial charge is 0.255 e. The molecule has 5 nitrogen and oxygen atoms in total. The molecule has 1 fully saturated rings. The molecule has 2 amide bonds. The summed E-state index contributed by atoms with van der Waals surface area (Å²) in [6.45, 7) is 2.23. The minimum atomic E-state index is -0.819. The van der Waals surface area contributed by atoms with Gasteiger partial charge in [0.25, 0.3) is 5.91 Å². The molecule has 3 rings (SSSR count). The van der Waals surface area contributed by atoms with Crippen molar-refractivity contribution in [1.29, 1.82) is 0 Å². The van der Waals surface area contributed by atoms with Gasteiger partial charge in [0, 0.05) is 32.2 Å². The van der Waals surface area contributed by atoms with Gasteiger partial charge < -0.3 is 10.2 Å². The Hall–Kier alpha value is -2.51. The summed E-state index contributed by atoms with van der Waals surface area (Å²) in [7, 11) is 0. The SMILES string of the molecule is O=C(CN1CCCN(C(=O)c2ccccc2Cl)CC1)Nc1ccc(F)cc1F. The van der Waals surface area contributed by atoms with Gasteiger partial charge in [-0.2, -0.15) is 0 Å². The van der Waals surface area contributed by atoms with Crippen LogP contribution in [-0.4, -0.2) is 54.3 Å². The van der Waals surface area contributed by atoms with E-state index in [1.807, 2.05) is 4.90 Å². The summed E-state index contributed by atoms with van der Waals surface area (Å²) in [5.41, 5.74) is 0.402. The summed E-state index contributed by atoms with van der Waals surface area (Å²) >= 11 is 6.11. The number of halogens is 3. The Labute approximate surface area is 166 Å². The van der Waals surface area contributed by atoms with Gasteiger partial charge in [0.2, 0.25) is 5.91 Å². The Bertz CT molecular complexity index is 878. The minimum Gasteiger partial charge on any atom is -0.337 e. The predicted molar refractivity (Wildman–Crippen MR) is 103 cm³/mol. The number of rotatable bonds is 4. The normalized spacial score (nSPS) is 15.2. The highest BCUT2D eigenvalue weighted by molar-refractivity contribution is 6.33. The van der Waals surface area contributed by atoms with E-state index in [2.05, 4.69) is 5.32 Å². The van der Waals surface area contributed by atoms with Gasteiger partial charge in [-0.3, -0.25) is 14.5 Å². The van der Waals surface area contributed by atoms with Crippen LogP contribution in [-0.2, 0) is 4.79 Å². The molecule has 1 aliphatic rings. The van der Waals surface area contributed by atoms with E-state index >= 15 is 0 Å². The molecule has 0 unspecified atom stereocenters. The second kappa shape index (κ2) is 9.12. The Morgan fingerprint density at radius 3 is 2.57 bits per heavy atom. The molecule has 0 aliphatic carbocycles. The number of anilines is 1. The first-order chi connectivity index (χ1) is 13.4. The lowest BCUT2D eigenvalue weighted by Crippen LogP contribution is -2.38. The fourth-order valence-electron chi connectivity index (χ4n) is 3.12. The zero-order valence-corrected chi connectivity index (χ0v) is 15.9. The quantitative estimate of drug-likeness (QED) is 0.845. The van der Waals surface area contributed by atoms with Gasteiger partial charge in [-0.1, -0.05) is 23.7 Å². The first-order valence-corrected chi connectivity index (χ1v) is 9.33. The Balaban J connectivity index is 1.55. The summed E-state index contributed by atoms with van der Waals surface area (Å²) in [5.74, 6) is -2.05. The van der Waals surface area contributed by atoms with Crippen molar-refractivity contribution in [3.8, 4) is 0 Å². The van der Waals surface area contributed by atoms with E-state index in [0.717, 1.165) is 12.1 Å². The van der Waals surface area contributed by atoms with Gasteiger partial charge in [0.1, 0.15) is 11.6 Å².